The van der Waals surface area contributed by atoms with Gasteiger partial charge in [0.15, 0.2) is 5.82 Å². The molecule has 0 radical (unpaired) electrons. The third-order valence-electron chi connectivity index (χ3n) is 6.07. The van der Waals surface area contributed by atoms with Gasteiger partial charge in [0.25, 0.3) is 0 Å². The first kappa shape index (κ1) is 29.1. The number of carbonyl (C=O) groups excluding carboxylic acids is 2. The second-order valence-corrected chi connectivity index (χ2v) is 10.4. The Labute approximate surface area is 238 Å². The number of rotatable bonds is 9. The number of para-hydroxylation sites is 1. The summed E-state index contributed by atoms with van der Waals surface area (Å²) in [6, 6.07) is 23.2. The van der Waals surface area contributed by atoms with Gasteiger partial charge in [-0.2, -0.15) is 0 Å². The number of aromatic nitrogens is 1. The standard InChI is InChI=1S/C32H33FN4O4/c1-32(2,3)41-31(39)37-26-16-15-23(24-13-9-17-35-27(24)19-36-30(34)38)25(29(26)33)18-22-12-7-8-14-28(22)40-20-21-10-5-4-6-11-21/h4-17H,18-20H2,1-3H3,(H,37,39)(H3,34,36,38). The van der Waals surface area contributed by atoms with E-state index < -0.39 is 23.5 Å². The third-order valence-corrected chi connectivity index (χ3v) is 6.07. The molecule has 0 unspecified atom stereocenters. The maximum atomic E-state index is 16.3. The van der Waals surface area contributed by atoms with E-state index in [0.717, 1.165) is 11.1 Å². The summed E-state index contributed by atoms with van der Waals surface area (Å²) in [4.78, 5) is 28.3. The minimum atomic E-state index is -0.769. The molecule has 0 aliphatic rings. The third kappa shape index (κ3) is 8.04. The molecular formula is C32H33FN4O4. The maximum Gasteiger partial charge on any atom is 0.412 e. The number of benzene rings is 3. The van der Waals surface area contributed by atoms with E-state index >= 15 is 4.39 Å². The second kappa shape index (κ2) is 13.0. The van der Waals surface area contributed by atoms with Crippen molar-refractivity contribution in [3.63, 3.8) is 0 Å². The number of nitrogens with zero attached hydrogens (tertiary/aromatic N) is 1. The van der Waals surface area contributed by atoms with E-state index in [0.29, 0.717) is 34.7 Å². The zero-order valence-corrected chi connectivity index (χ0v) is 23.2. The normalized spacial score (nSPS) is 11.0. The SMILES string of the molecule is CC(C)(C)OC(=O)Nc1ccc(-c2cccnc2CNC(N)=O)c(Cc2ccccc2OCc2ccccc2)c1F. The lowest BCUT2D eigenvalue weighted by atomic mass is 9.92. The number of urea groups is 1. The lowest BCUT2D eigenvalue weighted by molar-refractivity contribution is 0.0635. The Morgan fingerprint density at radius 2 is 1.66 bits per heavy atom. The average Bonchev–Trinajstić information content (AvgIpc) is 2.93. The lowest BCUT2D eigenvalue weighted by Crippen LogP contribution is -2.29. The highest BCUT2D eigenvalue weighted by molar-refractivity contribution is 5.86. The number of amides is 3. The smallest absolute Gasteiger partial charge is 0.412 e. The molecular weight excluding hydrogens is 523 g/mol. The number of anilines is 1. The van der Waals surface area contributed by atoms with Crippen LogP contribution in [-0.2, 0) is 24.3 Å². The Balaban J connectivity index is 1.75. The van der Waals surface area contributed by atoms with E-state index in [4.69, 9.17) is 15.2 Å². The van der Waals surface area contributed by atoms with E-state index in [1.54, 1.807) is 45.2 Å². The van der Waals surface area contributed by atoms with Crippen molar-refractivity contribution >= 4 is 17.8 Å². The Hall–Kier alpha value is -4.92. The zero-order chi connectivity index (χ0) is 29.4. The van der Waals surface area contributed by atoms with E-state index in [1.807, 2.05) is 54.6 Å². The van der Waals surface area contributed by atoms with E-state index in [-0.39, 0.29) is 18.7 Å². The van der Waals surface area contributed by atoms with Gasteiger partial charge in [-0.05, 0) is 55.7 Å². The van der Waals surface area contributed by atoms with E-state index in [2.05, 4.69) is 15.6 Å². The molecule has 0 aliphatic heterocycles. The molecule has 0 fully saturated rings. The molecule has 3 aromatic carbocycles. The number of hydrogen-bond acceptors (Lipinski definition) is 5. The number of nitrogens with one attached hydrogen (secondary N) is 2. The summed E-state index contributed by atoms with van der Waals surface area (Å²) in [7, 11) is 0. The van der Waals surface area contributed by atoms with Crippen molar-refractivity contribution in [2.24, 2.45) is 5.73 Å². The molecule has 0 aliphatic carbocycles. The Bertz CT molecular complexity index is 1520. The number of pyridine rings is 1. The summed E-state index contributed by atoms with van der Waals surface area (Å²) < 4.78 is 27.8. The van der Waals surface area contributed by atoms with Gasteiger partial charge in [0.2, 0.25) is 0 Å². The molecule has 0 saturated heterocycles. The maximum absolute atomic E-state index is 16.3. The van der Waals surface area contributed by atoms with Crippen molar-refractivity contribution in [3.05, 3.63) is 113 Å². The molecule has 0 atom stereocenters. The second-order valence-electron chi connectivity index (χ2n) is 10.4. The number of hydrogen-bond donors (Lipinski definition) is 3. The van der Waals surface area contributed by atoms with Crippen molar-refractivity contribution in [1.29, 1.82) is 0 Å². The van der Waals surface area contributed by atoms with Crippen molar-refractivity contribution < 1.29 is 23.5 Å². The molecule has 1 aromatic heterocycles. The summed E-state index contributed by atoms with van der Waals surface area (Å²) in [6.45, 7) is 5.59. The van der Waals surface area contributed by atoms with Crippen LogP contribution in [0, 0.1) is 5.82 Å². The molecule has 0 spiro atoms. The van der Waals surface area contributed by atoms with Gasteiger partial charge in [-0.3, -0.25) is 10.3 Å². The molecule has 0 bridgehead atoms. The molecule has 4 aromatic rings. The predicted octanol–water partition coefficient (Wildman–Crippen LogP) is 6.57. The summed E-state index contributed by atoms with van der Waals surface area (Å²) in [5.74, 6) is -0.0158. The molecule has 3 amide bonds. The van der Waals surface area contributed by atoms with E-state index in [9.17, 15) is 9.59 Å². The van der Waals surface area contributed by atoms with Crippen molar-refractivity contribution in [1.82, 2.24) is 10.3 Å². The quantitative estimate of drug-likeness (QED) is 0.216. The first-order valence-electron chi connectivity index (χ1n) is 13.1. The van der Waals surface area contributed by atoms with Crippen molar-refractivity contribution in [3.8, 4) is 16.9 Å². The predicted molar refractivity (Wildman–Crippen MR) is 156 cm³/mol. The Kier molecular flexibility index (Phi) is 9.19. The van der Waals surface area contributed by atoms with Crippen LogP contribution in [0.3, 0.4) is 0 Å². The van der Waals surface area contributed by atoms with Crippen LogP contribution in [0.2, 0.25) is 0 Å². The van der Waals surface area contributed by atoms with Gasteiger partial charge < -0.3 is 20.5 Å². The summed E-state index contributed by atoms with van der Waals surface area (Å²) in [5, 5.41) is 5.08. The fraction of sp³-hybridized carbons (Fsp3) is 0.219. The molecule has 4 N–H and O–H groups in total. The Morgan fingerprint density at radius 3 is 2.39 bits per heavy atom. The molecule has 8 nitrogen and oxygen atoms in total. The summed E-state index contributed by atoms with van der Waals surface area (Å²) in [5.41, 5.74) is 8.22. The van der Waals surface area contributed by atoms with Gasteiger partial charge in [-0.25, -0.2) is 14.0 Å². The average molecular weight is 557 g/mol. The molecule has 4 rings (SSSR count). The number of nitrogens with two attached hydrogens (primary N) is 1. The van der Waals surface area contributed by atoms with Crippen LogP contribution in [0.5, 0.6) is 5.75 Å². The van der Waals surface area contributed by atoms with Crippen LogP contribution in [0.4, 0.5) is 19.7 Å². The van der Waals surface area contributed by atoms with Gasteiger partial charge >= 0.3 is 12.1 Å². The van der Waals surface area contributed by atoms with Crippen LogP contribution >= 0.6 is 0 Å². The molecule has 1 heterocycles. The van der Waals surface area contributed by atoms with Crippen LogP contribution in [-0.4, -0.2) is 22.7 Å². The zero-order valence-electron chi connectivity index (χ0n) is 23.2. The molecule has 0 saturated carbocycles. The summed E-state index contributed by atoms with van der Waals surface area (Å²) >= 11 is 0. The van der Waals surface area contributed by atoms with Crippen LogP contribution in [0.15, 0.2) is 85.1 Å². The van der Waals surface area contributed by atoms with Gasteiger partial charge in [0, 0.05) is 23.7 Å². The van der Waals surface area contributed by atoms with Crippen molar-refractivity contribution in [2.45, 2.75) is 45.9 Å². The lowest BCUT2D eigenvalue weighted by Gasteiger charge is -2.21. The van der Waals surface area contributed by atoms with Crippen LogP contribution in [0.1, 0.15) is 43.2 Å². The largest absolute Gasteiger partial charge is 0.489 e. The first-order chi connectivity index (χ1) is 19.6. The highest BCUT2D eigenvalue weighted by Crippen LogP contribution is 2.35. The fourth-order valence-electron chi connectivity index (χ4n) is 4.27. The summed E-state index contributed by atoms with van der Waals surface area (Å²) in [6.07, 6.45) is 0.963. The van der Waals surface area contributed by atoms with Gasteiger partial charge in [-0.1, -0.05) is 60.7 Å². The van der Waals surface area contributed by atoms with E-state index in [1.165, 1.54) is 6.07 Å². The highest BCUT2D eigenvalue weighted by Gasteiger charge is 2.22. The Morgan fingerprint density at radius 1 is 0.927 bits per heavy atom. The number of primary amides is 1. The fourth-order valence-corrected chi connectivity index (χ4v) is 4.27. The highest BCUT2D eigenvalue weighted by atomic mass is 19.1. The van der Waals surface area contributed by atoms with Crippen molar-refractivity contribution in [2.75, 3.05) is 5.32 Å². The van der Waals surface area contributed by atoms with Crippen LogP contribution < -0.4 is 21.1 Å². The molecule has 41 heavy (non-hydrogen) atoms. The van der Waals surface area contributed by atoms with Gasteiger partial charge in [0.05, 0.1) is 17.9 Å². The minimum Gasteiger partial charge on any atom is -0.489 e. The van der Waals surface area contributed by atoms with Gasteiger partial charge in [-0.15, -0.1) is 0 Å². The number of ether oxygens (including phenoxy) is 2. The first-order valence-corrected chi connectivity index (χ1v) is 13.1. The topological polar surface area (TPSA) is 116 Å². The number of carbonyl (C=O) groups is 2. The van der Waals surface area contributed by atoms with Crippen LogP contribution in [0.25, 0.3) is 11.1 Å². The molecule has 9 heteroatoms. The molecule has 212 valence electrons. The number of halogens is 1. The minimum absolute atomic E-state index is 0.0265. The van der Waals surface area contributed by atoms with Gasteiger partial charge in [0.1, 0.15) is 18.0 Å². The monoisotopic (exact) mass is 556 g/mol.